The molecule has 0 aliphatic heterocycles. The van der Waals surface area contributed by atoms with E-state index in [9.17, 15) is 27.2 Å². The maximum absolute atomic E-state index is 12.6. The van der Waals surface area contributed by atoms with Gasteiger partial charge in [0.15, 0.2) is 0 Å². The van der Waals surface area contributed by atoms with Gasteiger partial charge in [0.05, 0.1) is 5.56 Å². The van der Waals surface area contributed by atoms with Gasteiger partial charge in [-0.1, -0.05) is 12.1 Å². The Balaban J connectivity index is 2.62. The molecule has 0 radical (unpaired) electrons. The van der Waals surface area contributed by atoms with E-state index in [1.165, 1.54) is 24.3 Å². The molecule has 1 amide bonds. The van der Waals surface area contributed by atoms with E-state index in [-0.39, 0.29) is 5.56 Å². The van der Waals surface area contributed by atoms with Crippen molar-refractivity contribution in [1.82, 2.24) is 5.32 Å². The number of hydrogen-bond acceptors (Lipinski definition) is 2. The lowest BCUT2D eigenvalue weighted by atomic mass is 10.1. The number of benzene rings is 1. The zero-order chi connectivity index (χ0) is 14.6. The number of carboxylic acid groups (broad SMARTS) is 1. The molecule has 1 rings (SSSR count). The van der Waals surface area contributed by atoms with E-state index < -0.39 is 30.8 Å². The van der Waals surface area contributed by atoms with Crippen LogP contribution in [-0.2, 0) is 11.3 Å². The van der Waals surface area contributed by atoms with Gasteiger partial charge in [-0.25, -0.2) is 13.6 Å². The third kappa shape index (κ3) is 3.67. The number of carbonyl (C=O) groups excluding carboxylic acids is 1. The van der Waals surface area contributed by atoms with Crippen LogP contribution in [0.3, 0.4) is 0 Å². The van der Waals surface area contributed by atoms with Crippen molar-refractivity contribution in [3.63, 3.8) is 0 Å². The van der Waals surface area contributed by atoms with Crippen molar-refractivity contribution in [2.24, 2.45) is 0 Å². The van der Waals surface area contributed by atoms with Gasteiger partial charge in [-0.2, -0.15) is 8.78 Å². The Hall–Kier alpha value is -2.12. The Morgan fingerprint density at radius 2 is 1.74 bits per heavy atom. The van der Waals surface area contributed by atoms with Crippen LogP contribution in [0.15, 0.2) is 24.3 Å². The van der Waals surface area contributed by atoms with Crippen molar-refractivity contribution in [3.8, 4) is 0 Å². The molecule has 104 valence electrons. The molecule has 2 N–H and O–H groups in total. The highest BCUT2D eigenvalue weighted by atomic mass is 19.3. The Kier molecular flexibility index (Phi) is 4.47. The SMILES string of the molecule is O=C(O)c1ccc(CNC(=O)C(F)(F)C(F)F)cc1. The number of carboxylic acids is 1. The first-order chi connectivity index (χ1) is 8.75. The Morgan fingerprint density at radius 1 is 1.21 bits per heavy atom. The second kappa shape index (κ2) is 5.68. The summed E-state index contributed by atoms with van der Waals surface area (Å²) in [7, 11) is 0. The van der Waals surface area contributed by atoms with Crippen molar-refractivity contribution < 1.29 is 32.3 Å². The lowest BCUT2D eigenvalue weighted by Crippen LogP contribution is -2.44. The van der Waals surface area contributed by atoms with Gasteiger partial charge < -0.3 is 10.4 Å². The van der Waals surface area contributed by atoms with Crippen molar-refractivity contribution >= 4 is 11.9 Å². The number of hydrogen-bond donors (Lipinski definition) is 2. The molecule has 0 atom stereocenters. The fraction of sp³-hybridized carbons (Fsp3) is 0.273. The molecule has 0 aliphatic carbocycles. The number of carbonyl (C=O) groups is 2. The Labute approximate surface area is 105 Å². The first-order valence-electron chi connectivity index (χ1n) is 5.01. The molecular weight excluding hydrogens is 270 g/mol. The molecule has 1 aromatic rings. The predicted octanol–water partition coefficient (Wildman–Crippen LogP) is 1.90. The minimum atomic E-state index is -4.75. The largest absolute Gasteiger partial charge is 0.478 e. The first-order valence-corrected chi connectivity index (χ1v) is 5.01. The first kappa shape index (κ1) is 14.9. The standard InChI is InChI=1S/C11H9F4NO3/c12-9(13)11(14,15)10(19)16-5-6-1-3-7(4-2-6)8(17)18/h1-4,9H,5H2,(H,16,19)(H,17,18). The second-order valence-corrected chi connectivity index (χ2v) is 3.61. The van der Waals surface area contributed by atoms with Crippen LogP contribution in [-0.4, -0.2) is 29.3 Å². The fourth-order valence-corrected chi connectivity index (χ4v) is 1.16. The Bertz CT molecular complexity index is 473. The molecule has 0 spiro atoms. The Morgan fingerprint density at radius 3 is 2.16 bits per heavy atom. The molecular formula is C11H9F4NO3. The van der Waals surface area contributed by atoms with Crippen molar-refractivity contribution in [3.05, 3.63) is 35.4 Å². The van der Waals surface area contributed by atoms with E-state index in [1.54, 1.807) is 5.32 Å². The summed E-state index contributed by atoms with van der Waals surface area (Å²) in [5.41, 5.74) is 0.288. The molecule has 0 aromatic heterocycles. The summed E-state index contributed by atoms with van der Waals surface area (Å²) in [5.74, 6) is -7.99. The highest BCUT2D eigenvalue weighted by Crippen LogP contribution is 2.22. The lowest BCUT2D eigenvalue weighted by molar-refractivity contribution is -0.169. The topological polar surface area (TPSA) is 66.4 Å². The van der Waals surface area contributed by atoms with E-state index in [0.29, 0.717) is 5.56 Å². The van der Waals surface area contributed by atoms with Crippen LogP contribution in [0.1, 0.15) is 15.9 Å². The minimum Gasteiger partial charge on any atom is -0.478 e. The van der Waals surface area contributed by atoms with Gasteiger partial charge in [-0.05, 0) is 17.7 Å². The van der Waals surface area contributed by atoms with Gasteiger partial charge in [0, 0.05) is 6.54 Å². The molecule has 0 bridgehead atoms. The molecule has 0 fully saturated rings. The molecule has 0 aliphatic rings. The van der Waals surface area contributed by atoms with E-state index in [0.717, 1.165) is 0 Å². The van der Waals surface area contributed by atoms with Crippen LogP contribution in [0.5, 0.6) is 0 Å². The molecule has 0 saturated heterocycles. The molecule has 1 aromatic carbocycles. The second-order valence-electron chi connectivity index (χ2n) is 3.61. The van der Waals surface area contributed by atoms with Gasteiger partial charge in [-0.3, -0.25) is 4.79 Å². The van der Waals surface area contributed by atoms with Gasteiger partial charge >= 0.3 is 18.3 Å². The van der Waals surface area contributed by atoms with Gasteiger partial charge in [0.2, 0.25) is 0 Å². The van der Waals surface area contributed by atoms with Crippen molar-refractivity contribution in [1.29, 1.82) is 0 Å². The quantitative estimate of drug-likeness (QED) is 0.809. The molecule has 8 heteroatoms. The third-order valence-electron chi connectivity index (χ3n) is 2.23. The smallest absolute Gasteiger partial charge is 0.383 e. The van der Waals surface area contributed by atoms with Crippen LogP contribution in [0.2, 0.25) is 0 Å². The highest BCUT2D eigenvalue weighted by molar-refractivity contribution is 5.87. The van der Waals surface area contributed by atoms with E-state index in [2.05, 4.69) is 0 Å². The van der Waals surface area contributed by atoms with Crippen LogP contribution in [0.25, 0.3) is 0 Å². The number of alkyl halides is 4. The lowest BCUT2D eigenvalue weighted by Gasteiger charge is -2.14. The van der Waals surface area contributed by atoms with Crippen LogP contribution < -0.4 is 5.32 Å². The van der Waals surface area contributed by atoms with E-state index in [4.69, 9.17) is 5.11 Å². The zero-order valence-electron chi connectivity index (χ0n) is 9.37. The molecule has 4 nitrogen and oxygen atoms in total. The van der Waals surface area contributed by atoms with Gasteiger partial charge in [0.25, 0.3) is 5.91 Å². The zero-order valence-corrected chi connectivity index (χ0v) is 9.37. The summed E-state index contributed by atoms with van der Waals surface area (Å²) in [6.07, 6.45) is -4.08. The minimum absolute atomic E-state index is 0.0204. The summed E-state index contributed by atoms with van der Waals surface area (Å²) < 4.78 is 48.9. The van der Waals surface area contributed by atoms with E-state index in [1.807, 2.05) is 0 Å². The molecule has 0 saturated carbocycles. The number of halogens is 4. The van der Waals surface area contributed by atoms with Crippen LogP contribution in [0.4, 0.5) is 17.6 Å². The summed E-state index contributed by atoms with van der Waals surface area (Å²) in [4.78, 5) is 21.4. The molecule has 0 unspecified atom stereocenters. The fourth-order valence-electron chi connectivity index (χ4n) is 1.16. The number of amides is 1. The molecule has 0 heterocycles. The number of aromatic carboxylic acids is 1. The van der Waals surface area contributed by atoms with Gasteiger partial charge in [0.1, 0.15) is 0 Å². The normalized spacial score (nSPS) is 11.4. The van der Waals surface area contributed by atoms with Crippen LogP contribution in [0, 0.1) is 0 Å². The number of rotatable bonds is 5. The monoisotopic (exact) mass is 279 g/mol. The molecule has 19 heavy (non-hydrogen) atoms. The third-order valence-corrected chi connectivity index (χ3v) is 2.23. The summed E-state index contributed by atoms with van der Waals surface area (Å²) >= 11 is 0. The van der Waals surface area contributed by atoms with Crippen molar-refractivity contribution in [2.75, 3.05) is 0 Å². The highest BCUT2D eigenvalue weighted by Gasteiger charge is 2.48. The maximum Gasteiger partial charge on any atom is 0.383 e. The van der Waals surface area contributed by atoms with Gasteiger partial charge in [-0.15, -0.1) is 0 Å². The average molecular weight is 279 g/mol. The summed E-state index contributed by atoms with van der Waals surface area (Å²) in [5, 5.41) is 10.3. The number of nitrogens with one attached hydrogen (secondary N) is 1. The van der Waals surface area contributed by atoms with E-state index >= 15 is 0 Å². The predicted molar refractivity (Wildman–Crippen MR) is 56.2 cm³/mol. The average Bonchev–Trinajstić information content (AvgIpc) is 2.36. The summed E-state index contributed by atoms with van der Waals surface area (Å²) in [6.45, 7) is -0.402. The maximum atomic E-state index is 12.6. The van der Waals surface area contributed by atoms with Crippen LogP contribution >= 0.6 is 0 Å². The summed E-state index contributed by atoms with van der Waals surface area (Å²) in [6, 6.07) is 4.97. The van der Waals surface area contributed by atoms with Crippen molar-refractivity contribution in [2.45, 2.75) is 18.9 Å².